The Morgan fingerprint density at radius 1 is 1.33 bits per heavy atom. The Labute approximate surface area is 103 Å². The van der Waals surface area contributed by atoms with E-state index >= 15 is 0 Å². The Morgan fingerprint density at radius 3 is 2.61 bits per heavy atom. The van der Waals surface area contributed by atoms with Gasteiger partial charge in [0, 0.05) is 6.07 Å². The number of nitro groups is 1. The third-order valence-corrected chi connectivity index (χ3v) is 2.15. The average Bonchev–Trinajstić information content (AvgIpc) is 2.38. The first-order valence-corrected chi connectivity index (χ1v) is 5.10. The van der Waals surface area contributed by atoms with Gasteiger partial charge in [0.25, 0.3) is 5.69 Å². The smallest absolute Gasteiger partial charge is 0.308 e. The lowest BCUT2D eigenvalue weighted by Gasteiger charge is -2.09. The van der Waals surface area contributed by atoms with E-state index in [2.05, 4.69) is 4.74 Å². The summed E-state index contributed by atoms with van der Waals surface area (Å²) in [4.78, 5) is 20.9. The second-order valence-electron chi connectivity index (χ2n) is 3.27. The molecule has 0 saturated heterocycles. The van der Waals surface area contributed by atoms with Gasteiger partial charge in [0.05, 0.1) is 38.2 Å². The number of nitro benzene ring substituents is 1. The summed E-state index contributed by atoms with van der Waals surface area (Å²) in [6, 6.07) is 3.98. The summed E-state index contributed by atoms with van der Waals surface area (Å²) in [7, 11) is 2.67. The molecule has 0 N–H and O–H groups in total. The Kier molecular flexibility index (Phi) is 4.91. The van der Waals surface area contributed by atoms with Crippen molar-refractivity contribution in [3.8, 4) is 11.5 Å². The lowest BCUT2D eigenvalue weighted by molar-refractivity contribution is -0.385. The van der Waals surface area contributed by atoms with Crippen LogP contribution < -0.4 is 9.47 Å². The zero-order valence-corrected chi connectivity index (χ0v) is 10.0. The Hall–Kier alpha value is -2.31. The molecule has 7 nitrogen and oxygen atoms in total. The van der Waals surface area contributed by atoms with Gasteiger partial charge in [0.1, 0.15) is 0 Å². The molecule has 0 radical (unpaired) electrons. The van der Waals surface area contributed by atoms with Gasteiger partial charge in [-0.15, -0.1) is 0 Å². The molecule has 0 amide bonds. The molecule has 1 rings (SSSR count). The molecule has 0 spiro atoms. The highest BCUT2D eigenvalue weighted by molar-refractivity contribution is 5.69. The lowest BCUT2D eigenvalue weighted by Crippen LogP contribution is -2.08. The van der Waals surface area contributed by atoms with E-state index in [1.165, 1.54) is 32.4 Å². The van der Waals surface area contributed by atoms with Gasteiger partial charge in [-0.05, 0) is 6.07 Å². The number of carbonyl (C=O) groups excluding carboxylic acids is 1. The third-order valence-electron chi connectivity index (χ3n) is 2.15. The predicted molar refractivity (Wildman–Crippen MR) is 61.8 cm³/mol. The number of hydrogen-bond acceptors (Lipinski definition) is 6. The van der Waals surface area contributed by atoms with Crippen molar-refractivity contribution in [1.82, 2.24) is 0 Å². The molecule has 0 bridgehead atoms. The maximum Gasteiger partial charge on any atom is 0.308 e. The molecule has 0 aromatic heterocycles. The van der Waals surface area contributed by atoms with Crippen LogP contribution in [0.15, 0.2) is 18.2 Å². The van der Waals surface area contributed by atoms with E-state index in [1.54, 1.807) is 0 Å². The molecule has 7 heteroatoms. The fourth-order valence-corrected chi connectivity index (χ4v) is 1.24. The van der Waals surface area contributed by atoms with Crippen LogP contribution in [0.25, 0.3) is 0 Å². The molecular weight excluding hydrogens is 242 g/mol. The molecule has 1 aromatic rings. The van der Waals surface area contributed by atoms with Gasteiger partial charge >= 0.3 is 5.97 Å². The van der Waals surface area contributed by atoms with Gasteiger partial charge in [0.15, 0.2) is 11.5 Å². The highest BCUT2D eigenvalue weighted by Gasteiger charge is 2.12. The van der Waals surface area contributed by atoms with Crippen molar-refractivity contribution >= 4 is 11.7 Å². The molecule has 0 atom stereocenters. The molecule has 0 saturated carbocycles. The summed E-state index contributed by atoms with van der Waals surface area (Å²) in [5.74, 6) is 0.192. The van der Waals surface area contributed by atoms with Gasteiger partial charge in [-0.1, -0.05) is 0 Å². The predicted octanol–water partition coefficient (Wildman–Crippen LogP) is 1.55. The first-order valence-electron chi connectivity index (χ1n) is 5.10. The quantitative estimate of drug-likeness (QED) is 0.435. The molecular formula is C11H13NO6. The van der Waals surface area contributed by atoms with Crippen molar-refractivity contribution in [2.24, 2.45) is 0 Å². The molecule has 18 heavy (non-hydrogen) atoms. The lowest BCUT2D eigenvalue weighted by atomic mass is 10.3. The van der Waals surface area contributed by atoms with Gasteiger partial charge in [0.2, 0.25) is 0 Å². The second-order valence-corrected chi connectivity index (χ2v) is 3.27. The van der Waals surface area contributed by atoms with Crippen LogP contribution in [0, 0.1) is 10.1 Å². The monoisotopic (exact) mass is 255 g/mol. The van der Waals surface area contributed by atoms with Crippen molar-refractivity contribution in [2.45, 2.75) is 6.42 Å². The van der Waals surface area contributed by atoms with E-state index < -0.39 is 10.9 Å². The topological polar surface area (TPSA) is 87.9 Å². The Balaban J connectivity index is 2.71. The van der Waals surface area contributed by atoms with Gasteiger partial charge < -0.3 is 14.2 Å². The first-order chi connectivity index (χ1) is 8.58. The minimum atomic E-state index is -0.527. The Morgan fingerprint density at radius 2 is 2.06 bits per heavy atom. The van der Waals surface area contributed by atoms with Crippen LogP contribution in [0.5, 0.6) is 11.5 Å². The normalized spacial score (nSPS) is 9.67. The van der Waals surface area contributed by atoms with Crippen LogP contribution in [-0.4, -0.2) is 31.7 Å². The minimum absolute atomic E-state index is 0.0906. The molecule has 0 aliphatic carbocycles. The van der Waals surface area contributed by atoms with Gasteiger partial charge in [-0.2, -0.15) is 0 Å². The van der Waals surface area contributed by atoms with Crippen LogP contribution in [0.3, 0.4) is 0 Å². The average molecular weight is 255 g/mol. The summed E-state index contributed by atoms with van der Waals surface area (Å²) in [5, 5.41) is 10.6. The highest BCUT2D eigenvalue weighted by Crippen LogP contribution is 2.31. The highest BCUT2D eigenvalue weighted by atomic mass is 16.6. The van der Waals surface area contributed by atoms with E-state index in [0.717, 1.165) is 0 Å². The zero-order valence-electron chi connectivity index (χ0n) is 10.0. The van der Waals surface area contributed by atoms with Crippen LogP contribution >= 0.6 is 0 Å². The number of ether oxygens (including phenoxy) is 3. The molecule has 0 aliphatic rings. The Bertz CT molecular complexity index is 445. The number of esters is 1. The number of non-ortho nitro benzene ring substituents is 1. The number of benzene rings is 1. The standard InChI is InChI=1S/C11H13NO6/c1-16-10-7-8(12(14)15)3-4-9(10)18-6-5-11(13)17-2/h3-4,7H,5-6H2,1-2H3. The van der Waals surface area contributed by atoms with E-state index in [1.807, 2.05) is 0 Å². The van der Waals surface area contributed by atoms with E-state index in [4.69, 9.17) is 9.47 Å². The van der Waals surface area contributed by atoms with Crippen molar-refractivity contribution in [3.63, 3.8) is 0 Å². The van der Waals surface area contributed by atoms with E-state index in [-0.39, 0.29) is 24.5 Å². The first kappa shape index (κ1) is 13.8. The molecule has 0 heterocycles. The van der Waals surface area contributed by atoms with Gasteiger partial charge in [-0.3, -0.25) is 14.9 Å². The number of rotatable bonds is 6. The van der Waals surface area contributed by atoms with Crippen LogP contribution in [-0.2, 0) is 9.53 Å². The second kappa shape index (κ2) is 6.43. The maximum absolute atomic E-state index is 10.9. The number of hydrogen-bond donors (Lipinski definition) is 0. The third kappa shape index (κ3) is 3.62. The number of nitrogens with zero attached hydrogens (tertiary/aromatic N) is 1. The largest absolute Gasteiger partial charge is 0.493 e. The molecule has 98 valence electrons. The van der Waals surface area contributed by atoms with E-state index in [0.29, 0.717) is 5.75 Å². The fourth-order valence-electron chi connectivity index (χ4n) is 1.24. The van der Waals surface area contributed by atoms with Crippen molar-refractivity contribution < 1.29 is 23.9 Å². The van der Waals surface area contributed by atoms with Crippen molar-refractivity contribution in [1.29, 1.82) is 0 Å². The molecule has 0 aliphatic heterocycles. The number of carbonyl (C=O) groups is 1. The summed E-state index contributed by atoms with van der Waals surface area (Å²) >= 11 is 0. The van der Waals surface area contributed by atoms with E-state index in [9.17, 15) is 14.9 Å². The summed E-state index contributed by atoms with van der Waals surface area (Å²) in [5.41, 5.74) is -0.0906. The molecule has 1 aromatic carbocycles. The van der Waals surface area contributed by atoms with Crippen molar-refractivity contribution in [3.05, 3.63) is 28.3 Å². The minimum Gasteiger partial charge on any atom is -0.493 e. The van der Waals surface area contributed by atoms with Crippen LogP contribution in [0.2, 0.25) is 0 Å². The maximum atomic E-state index is 10.9. The molecule has 0 unspecified atom stereocenters. The summed E-state index contributed by atoms with van der Waals surface area (Å²) < 4.78 is 14.7. The summed E-state index contributed by atoms with van der Waals surface area (Å²) in [6.07, 6.45) is 0.0939. The summed E-state index contributed by atoms with van der Waals surface area (Å²) in [6.45, 7) is 0.112. The van der Waals surface area contributed by atoms with Crippen molar-refractivity contribution in [2.75, 3.05) is 20.8 Å². The SMILES string of the molecule is COC(=O)CCOc1ccc([N+](=O)[O-])cc1OC. The van der Waals surface area contributed by atoms with Crippen LogP contribution in [0.4, 0.5) is 5.69 Å². The number of methoxy groups -OCH3 is 2. The fraction of sp³-hybridized carbons (Fsp3) is 0.364. The van der Waals surface area contributed by atoms with Gasteiger partial charge in [-0.25, -0.2) is 0 Å². The molecule has 0 fully saturated rings. The van der Waals surface area contributed by atoms with Crippen LogP contribution in [0.1, 0.15) is 6.42 Å². The zero-order chi connectivity index (χ0) is 13.5.